The van der Waals surface area contributed by atoms with Crippen LogP contribution in [0.1, 0.15) is 27.7 Å². The molecule has 0 spiro atoms. The average Bonchev–Trinajstić information content (AvgIpc) is 2.92. The van der Waals surface area contributed by atoms with E-state index < -0.39 is 5.97 Å². The number of esters is 1. The van der Waals surface area contributed by atoms with Gasteiger partial charge >= 0.3 is 5.97 Å². The molecule has 1 aromatic heterocycles. The van der Waals surface area contributed by atoms with Gasteiger partial charge in [-0.15, -0.1) is 5.10 Å². The van der Waals surface area contributed by atoms with Gasteiger partial charge in [0.05, 0.1) is 12.2 Å². The molecule has 2 rings (SSSR count). The molecule has 2 aromatic rings. The van der Waals surface area contributed by atoms with E-state index in [1.54, 1.807) is 26.0 Å². The summed E-state index contributed by atoms with van der Waals surface area (Å²) in [5, 5.41) is 4.83. The molecule has 128 valence electrons. The molecule has 0 aliphatic heterocycles. The van der Waals surface area contributed by atoms with E-state index in [-0.39, 0.29) is 12.2 Å². The predicted octanol–water partition coefficient (Wildman–Crippen LogP) is 3.81. The third-order valence-electron chi connectivity index (χ3n) is 2.73. The fourth-order valence-corrected chi connectivity index (χ4v) is 2.14. The first kappa shape index (κ1) is 18.0. The minimum Gasteiger partial charge on any atom is -0.491 e. The topological polar surface area (TPSA) is 66.2 Å². The molecular formula is C17H20ClN3O3. The smallest absolute Gasteiger partial charge is 0.332 e. The molecule has 0 aliphatic rings. The molecule has 0 unspecified atom stereocenters. The molecule has 0 bridgehead atoms. The van der Waals surface area contributed by atoms with Crippen LogP contribution in [0.2, 0.25) is 5.02 Å². The van der Waals surface area contributed by atoms with Crippen LogP contribution in [0.4, 0.5) is 0 Å². The largest absolute Gasteiger partial charge is 0.491 e. The number of carbonyl (C=O) groups is 1. The molecule has 6 nitrogen and oxygen atoms in total. The van der Waals surface area contributed by atoms with Crippen LogP contribution in [-0.2, 0) is 9.53 Å². The van der Waals surface area contributed by atoms with Crippen LogP contribution in [0.3, 0.4) is 0 Å². The van der Waals surface area contributed by atoms with Crippen LogP contribution in [0.25, 0.3) is 17.6 Å². The molecule has 1 heterocycles. The lowest BCUT2D eigenvalue weighted by atomic mass is 10.2. The molecule has 0 saturated heterocycles. The van der Waals surface area contributed by atoms with Gasteiger partial charge in [0.1, 0.15) is 12.1 Å². The van der Waals surface area contributed by atoms with Gasteiger partial charge in [0.2, 0.25) is 0 Å². The summed E-state index contributed by atoms with van der Waals surface area (Å²) >= 11 is 6.12. The first-order valence-electron chi connectivity index (χ1n) is 7.61. The highest BCUT2D eigenvalue weighted by atomic mass is 35.5. The molecule has 0 saturated carbocycles. The Balaban J connectivity index is 2.17. The van der Waals surface area contributed by atoms with Crippen molar-refractivity contribution in [2.45, 2.75) is 39.9 Å². The highest BCUT2D eigenvalue weighted by Crippen LogP contribution is 2.27. The Morgan fingerprint density at radius 3 is 2.62 bits per heavy atom. The zero-order valence-corrected chi connectivity index (χ0v) is 14.8. The first-order chi connectivity index (χ1) is 11.3. The second kappa shape index (κ2) is 7.97. The number of carbonyl (C=O) groups excluding carboxylic acids is 1. The Morgan fingerprint density at radius 1 is 1.21 bits per heavy atom. The molecule has 1 aromatic carbocycles. The molecular weight excluding hydrogens is 330 g/mol. The van der Waals surface area contributed by atoms with E-state index >= 15 is 0 Å². The van der Waals surface area contributed by atoms with Gasteiger partial charge in [-0.25, -0.2) is 14.5 Å². The Labute approximate surface area is 146 Å². The van der Waals surface area contributed by atoms with Crippen molar-refractivity contribution in [2.24, 2.45) is 0 Å². The normalized spacial score (nSPS) is 11.5. The minimum atomic E-state index is -0.433. The maximum Gasteiger partial charge on any atom is 0.332 e. The van der Waals surface area contributed by atoms with E-state index in [2.05, 4.69) is 10.1 Å². The number of ether oxygens (including phenoxy) is 2. The highest BCUT2D eigenvalue weighted by Gasteiger charge is 2.09. The highest BCUT2D eigenvalue weighted by molar-refractivity contribution is 6.31. The van der Waals surface area contributed by atoms with Crippen LogP contribution < -0.4 is 4.74 Å². The third kappa shape index (κ3) is 5.38. The SMILES string of the molecule is CC(C)OC(=O)/C=C/n1cnc(-c2cc(Cl)cc(OC(C)C)c2)n1. The van der Waals surface area contributed by atoms with Crippen molar-refractivity contribution >= 4 is 23.8 Å². The number of rotatable bonds is 6. The van der Waals surface area contributed by atoms with E-state index in [1.807, 2.05) is 19.9 Å². The summed E-state index contributed by atoms with van der Waals surface area (Å²) < 4.78 is 12.1. The number of aromatic nitrogens is 3. The number of halogens is 1. The van der Waals surface area contributed by atoms with Crippen molar-refractivity contribution in [2.75, 3.05) is 0 Å². The van der Waals surface area contributed by atoms with Crippen LogP contribution in [0, 0.1) is 0 Å². The van der Waals surface area contributed by atoms with Crippen molar-refractivity contribution in [1.29, 1.82) is 0 Å². The van der Waals surface area contributed by atoms with Gasteiger partial charge < -0.3 is 9.47 Å². The van der Waals surface area contributed by atoms with Crippen molar-refractivity contribution < 1.29 is 14.3 Å². The number of hydrogen-bond donors (Lipinski definition) is 0. The van der Waals surface area contributed by atoms with Crippen molar-refractivity contribution in [3.8, 4) is 17.1 Å². The zero-order chi connectivity index (χ0) is 17.7. The maximum atomic E-state index is 11.5. The van der Waals surface area contributed by atoms with Gasteiger partial charge in [0.15, 0.2) is 5.82 Å². The standard InChI is InChI=1S/C17H20ClN3O3/c1-11(2)23-15-8-13(7-14(18)9-15)17-19-10-21(20-17)6-5-16(22)24-12(3)4/h5-12H,1-4H3/b6-5+. The summed E-state index contributed by atoms with van der Waals surface area (Å²) in [6.45, 7) is 7.45. The van der Waals surface area contributed by atoms with Gasteiger partial charge in [-0.1, -0.05) is 11.6 Å². The fourth-order valence-electron chi connectivity index (χ4n) is 1.92. The van der Waals surface area contributed by atoms with Crippen molar-refractivity contribution in [1.82, 2.24) is 14.8 Å². The monoisotopic (exact) mass is 349 g/mol. The lowest BCUT2D eigenvalue weighted by Gasteiger charge is -2.10. The van der Waals surface area contributed by atoms with Crippen LogP contribution in [0.5, 0.6) is 5.75 Å². The minimum absolute atomic E-state index is 0.0386. The number of benzene rings is 1. The van der Waals surface area contributed by atoms with Gasteiger partial charge in [-0.05, 0) is 45.9 Å². The van der Waals surface area contributed by atoms with Gasteiger partial charge in [0.25, 0.3) is 0 Å². The number of hydrogen-bond acceptors (Lipinski definition) is 5. The lowest BCUT2D eigenvalue weighted by molar-refractivity contribution is -0.141. The molecule has 0 N–H and O–H groups in total. The predicted molar refractivity (Wildman–Crippen MR) is 92.8 cm³/mol. The molecule has 7 heteroatoms. The number of nitrogens with zero attached hydrogens (tertiary/aromatic N) is 3. The average molecular weight is 350 g/mol. The summed E-state index contributed by atoms with van der Waals surface area (Å²) in [5.74, 6) is 0.699. The van der Waals surface area contributed by atoms with Crippen molar-refractivity contribution in [3.05, 3.63) is 35.6 Å². The van der Waals surface area contributed by atoms with E-state index in [0.29, 0.717) is 16.6 Å². The third-order valence-corrected chi connectivity index (χ3v) is 2.94. The lowest BCUT2D eigenvalue weighted by Crippen LogP contribution is -2.08. The van der Waals surface area contributed by atoms with E-state index in [4.69, 9.17) is 21.1 Å². The van der Waals surface area contributed by atoms with Gasteiger partial charge in [0, 0.05) is 22.9 Å². The summed E-state index contributed by atoms with van der Waals surface area (Å²) in [6.07, 6.45) is 4.15. The summed E-state index contributed by atoms with van der Waals surface area (Å²) in [5.41, 5.74) is 0.732. The molecule has 0 atom stereocenters. The van der Waals surface area contributed by atoms with Crippen LogP contribution in [0.15, 0.2) is 30.6 Å². The molecule has 24 heavy (non-hydrogen) atoms. The van der Waals surface area contributed by atoms with Crippen LogP contribution >= 0.6 is 11.6 Å². The van der Waals surface area contributed by atoms with Crippen molar-refractivity contribution in [3.63, 3.8) is 0 Å². The van der Waals surface area contributed by atoms with E-state index in [1.165, 1.54) is 23.3 Å². The second-order valence-electron chi connectivity index (χ2n) is 5.69. The summed E-state index contributed by atoms with van der Waals surface area (Å²) in [7, 11) is 0. The zero-order valence-electron chi connectivity index (χ0n) is 14.1. The molecule has 0 aliphatic carbocycles. The van der Waals surface area contributed by atoms with Crippen LogP contribution in [-0.4, -0.2) is 32.9 Å². The molecule has 0 fully saturated rings. The molecule has 0 radical (unpaired) electrons. The summed E-state index contributed by atoms with van der Waals surface area (Å²) in [6, 6.07) is 5.32. The van der Waals surface area contributed by atoms with Gasteiger partial charge in [-0.2, -0.15) is 0 Å². The van der Waals surface area contributed by atoms with E-state index in [9.17, 15) is 4.79 Å². The Hall–Kier alpha value is -2.34. The maximum absolute atomic E-state index is 11.5. The van der Waals surface area contributed by atoms with E-state index in [0.717, 1.165) is 5.56 Å². The fraction of sp³-hybridized carbons (Fsp3) is 0.353. The van der Waals surface area contributed by atoms with Gasteiger partial charge in [-0.3, -0.25) is 0 Å². The summed E-state index contributed by atoms with van der Waals surface area (Å²) in [4.78, 5) is 15.7. The first-order valence-corrected chi connectivity index (χ1v) is 7.99. The Kier molecular flexibility index (Phi) is 5.98. The molecule has 0 amide bonds. The quantitative estimate of drug-likeness (QED) is 0.586. The Bertz CT molecular complexity index is 738. The Morgan fingerprint density at radius 2 is 1.96 bits per heavy atom. The second-order valence-corrected chi connectivity index (χ2v) is 6.13.